The third kappa shape index (κ3) is 1.79. The van der Waals surface area contributed by atoms with Crippen LogP contribution in [0.4, 0.5) is 0 Å². The Morgan fingerprint density at radius 3 is 2.08 bits per heavy atom. The van der Waals surface area contributed by atoms with Gasteiger partial charge < -0.3 is 4.90 Å². The predicted molar refractivity (Wildman–Crippen MR) is 53.9 cm³/mol. The standard InChI is InChI=1S/C11H17N/c1-4-12(5-2)10(3)11-8-6-7-9-11/h6-9H,4-5H2,1-3H3. The van der Waals surface area contributed by atoms with E-state index in [2.05, 4.69) is 50.0 Å². The second-order valence-electron chi connectivity index (χ2n) is 2.93. The predicted octanol–water partition coefficient (Wildman–Crippen LogP) is 2.73. The van der Waals surface area contributed by atoms with Gasteiger partial charge in [-0.25, -0.2) is 0 Å². The monoisotopic (exact) mass is 163 g/mol. The highest BCUT2D eigenvalue weighted by Crippen LogP contribution is 2.15. The average Bonchev–Trinajstić information content (AvgIpc) is 2.58. The normalized spacial score (nSPS) is 14.1. The van der Waals surface area contributed by atoms with E-state index in [1.165, 1.54) is 11.3 Å². The smallest absolute Gasteiger partial charge is 0.0174 e. The summed E-state index contributed by atoms with van der Waals surface area (Å²) in [6.07, 6.45) is 8.49. The van der Waals surface area contributed by atoms with Crippen molar-refractivity contribution in [1.82, 2.24) is 4.90 Å². The van der Waals surface area contributed by atoms with Crippen molar-refractivity contribution in [2.45, 2.75) is 20.8 Å². The van der Waals surface area contributed by atoms with E-state index in [0.717, 1.165) is 13.1 Å². The Morgan fingerprint density at radius 1 is 1.17 bits per heavy atom. The number of rotatable bonds is 3. The average molecular weight is 163 g/mol. The van der Waals surface area contributed by atoms with Crippen molar-refractivity contribution in [2.75, 3.05) is 13.1 Å². The minimum absolute atomic E-state index is 1.09. The highest BCUT2D eigenvalue weighted by molar-refractivity contribution is 5.42. The van der Waals surface area contributed by atoms with Crippen LogP contribution in [0, 0.1) is 0 Å². The molecule has 0 saturated carbocycles. The Bertz CT molecular complexity index is 215. The number of hydrogen-bond acceptors (Lipinski definition) is 1. The molecule has 0 radical (unpaired) electrons. The van der Waals surface area contributed by atoms with E-state index in [1.54, 1.807) is 0 Å². The molecule has 0 N–H and O–H groups in total. The Kier molecular flexibility index (Phi) is 3.15. The summed E-state index contributed by atoms with van der Waals surface area (Å²) in [4.78, 5) is 2.37. The molecule has 1 heteroatoms. The molecule has 0 bridgehead atoms. The molecule has 66 valence electrons. The molecule has 1 nitrogen and oxygen atoms in total. The molecule has 0 saturated heterocycles. The summed E-state index contributed by atoms with van der Waals surface area (Å²) >= 11 is 0. The third-order valence-electron chi connectivity index (χ3n) is 2.32. The lowest BCUT2D eigenvalue weighted by molar-refractivity contribution is 0.381. The van der Waals surface area contributed by atoms with Gasteiger partial charge in [0.15, 0.2) is 0 Å². The van der Waals surface area contributed by atoms with Gasteiger partial charge in [0.05, 0.1) is 0 Å². The van der Waals surface area contributed by atoms with Gasteiger partial charge in [0.1, 0.15) is 0 Å². The molecule has 0 heterocycles. The molecule has 0 atom stereocenters. The molecule has 0 aliphatic heterocycles. The van der Waals surface area contributed by atoms with Gasteiger partial charge in [-0.15, -0.1) is 0 Å². The molecule has 0 spiro atoms. The zero-order valence-electron chi connectivity index (χ0n) is 8.17. The van der Waals surface area contributed by atoms with E-state index in [-0.39, 0.29) is 0 Å². The van der Waals surface area contributed by atoms with Crippen molar-refractivity contribution in [3.63, 3.8) is 0 Å². The van der Waals surface area contributed by atoms with Crippen LogP contribution in [0.1, 0.15) is 20.8 Å². The van der Waals surface area contributed by atoms with Crippen LogP contribution in [-0.4, -0.2) is 18.0 Å². The molecule has 0 aromatic rings. The van der Waals surface area contributed by atoms with Crippen molar-refractivity contribution in [2.24, 2.45) is 0 Å². The maximum absolute atomic E-state index is 2.37. The van der Waals surface area contributed by atoms with Crippen LogP contribution in [0.3, 0.4) is 0 Å². The molecule has 1 aliphatic carbocycles. The zero-order chi connectivity index (χ0) is 8.97. The van der Waals surface area contributed by atoms with Gasteiger partial charge in [-0.3, -0.25) is 0 Å². The summed E-state index contributed by atoms with van der Waals surface area (Å²) in [5.41, 5.74) is 2.73. The summed E-state index contributed by atoms with van der Waals surface area (Å²) in [6.45, 7) is 8.75. The fourth-order valence-corrected chi connectivity index (χ4v) is 1.50. The Hall–Kier alpha value is -0.980. The molecule has 1 aliphatic rings. The van der Waals surface area contributed by atoms with E-state index in [9.17, 15) is 0 Å². The van der Waals surface area contributed by atoms with Crippen molar-refractivity contribution < 1.29 is 0 Å². The van der Waals surface area contributed by atoms with E-state index in [4.69, 9.17) is 0 Å². The fraction of sp³-hybridized carbons (Fsp3) is 0.455. The molecule has 0 fully saturated rings. The molecule has 0 aromatic heterocycles. The van der Waals surface area contributed by atoms with Crippen molar-refractivity contribution >= 4 is 0 Å². The Morgan fingerprint density at radius 2 is 1.67 bits per heavy atom. The van der Waals surface area contributed by atoms with Gasteiger partial charge in [0.2, 0.25) is 0 Å². The Balaban J connectivity index is 2.79. The van der Waals surface area contributed by atoms with E-state index in [0.29, 0.717) is 0 Å². The van der Waals surface area contributed by atoms with Crippen LogP contribution in [0.15, 0.2) is 35.6 Å². The summed E-state index contributed by atoms with van der Waals surface area (Å²) in [5.74, 6) is 0. The molecular weight excluding hydrogens is 146 g/mol. The molecule has 12 heavy (non-hydrogen) atoms. The second kappa shape index (κ2) is 4.15. The lowest BCUT2D eigenvalue weighted by Gasteiger charge is -2.22. The Labute approximate surface area is 75.1 Å². The first-order chi connectivity index (χ1) is 5.79. The maximum atomic E-state index is 2.37. The molecule has 0 aromatic carbocycles. The fourth-order valence-electron chi connectivity index (χ4n) is 1.50. The SMILES string of the molecule is CCN(CC)C(C)=C1C=CC=C1. The van der Waals surface area contributed by atoms with Crippen molar-refractivity contribution in [3.05, 3.63) is 35.6 Å². The molecule has 0 amide bonds. The minimum Gasteiger partial charge on any atom is -0.375 e. The summed E-state index contributed by atoms with van der Waals surface area (Å²) in [6, 6.07) is 0. The molecule has 1 rings (SSSR count). The van der Waals surface area contributed by atoms with Crippen molar-refractivity contribution in [3.8, 4) is 0 Å². The van der Waals surface area contributed by atoms with Crippen LogP contribution >= 0.6 is 0 Å². The summed E-state index contributed by atoms with van der Waals surface area (Å²) < 4.78 is 0. The van der Waals surface area contributed by atoms with Gasteiger partial charge in [-0.1, -0.05) is 24.3 Å². The van der Waals surface area contributed by atoms with E-state index < -0.39 is 0 Å². The summed E-state index contributed by atoms with van der Waals surface area (Å²) in [7, 11) is 0. The summed E-state index contributed by atoms with van der Waals surface area (Å²) in [5, 5.41) is 0. The van der Waals surface area contributed by atoms with E-state index in [1.807, 2.05) is 0 Å². The largest absolute Gasteiger partial charge is 0.375 e. The molecular formula is C11H17N. The first-order valence-corrected chi connectivity index (χ1v) is 4.60. The van der Waals surface area contributed by atoms with Gasteiger partial charge in [-0.2, -0.15) is 0 Å². The van der Waals surface area contributed by atoms with Crippen LogP contribution in [0.25, 0.3) is 0 Å². The first kappa shape index (κ1) is 9.11. The number of allylic oxidation sites excluding steroid dienone is 6. The van der Waals surface area contributed by atoms with E-state index >= 15 is 0 Å². The van der Waals surface area contributed by atoms with Gasteiger partial charge in [-0.05, 0) is 26.3 Å². The van der Waals surface area contributed by atoms with Gasteiger partial charge >= 0.3 is 0 Å². The quantitative estimate of drug-likeness (QED) is 0.618. The maximum Gasteiger partial charge on any atom is 0.0174 e. The van der Waals surface area contributed by atoms with Crippen LogP contribution in [-0.2, 0) is 0 Å². The topological polar surface area (TPSA) is 3.24 Å². The van der Waals surface area contributed by atoms with Crippen LogP contribution in [0.2, 0.25) is 0 Å². The van der Waals surface area contributed by atoms with Crippen molar-refractivity contribution in [1.29, 1.82) is 0 Å². The highest BCUT2D eigenvalue weighted by atomic mass is 15.1. The van der Waals surface area contributed by atoms with Crippen LogP contribution < -0.4 is 0 Å². The second-order valence-corrected chi connectivity index (χ2v) is 2.93. The first-order valence-electron chi connectivity index (χ1n) is 4.60. The zero-order valence-corrected chi connectivity index (χ0v) is 8.17. The lowest BCUT2D eigenvalue weighted by atomic mass is 10.2. The number of hydrogen-bond donors (Lipinski definition) is 0. The van der Waals surface area contributed by atoms with Gasteiger partial charge in [0, 0.05) is 18.8 Å². The van der Waals surface area contributed by atoms with Gasteiger partial charge in [0.25, 0.3) is 0 Å². The lowest BCUT2D eigenvalue weighted by Crippen LogP contribution is -2.21. The third-order valence-corrected chi connectivity index (χ3v) is 2.32. The number of nitrogens with zero attached hydrogens (tertiary/aromatic N) is 1. The molecule has 0 unspecified atom stereocenters. The minimum atomic E-state index is 1.09. The van der Waals surface area contributed by atoms with Crippen LogP contribution in [0.5, 0.6) is 0 Å². The highest BCUT2D eigenvalue weighted by Gasteiger charge is 2.04.